The Morgan fingerprint density at radius 3 is 2.79 bits per heavy atom. The van der Waals surface area contributed by atoms with E-state index in [0.29, 0.717) is 19.1 Å². The maximum Gasteiger partial charge on any atom is 0.240 e. The number of carbonyl (C=O) groups is 1. The van der Waals surface area contributed by atoms with Gasteiger partial charge in [0.15, 0.2) is 0 Å². The fraction of sp³-hybridized carbons (Fsp3) is 0.636. The summed E-state index contributed by atoms with van der Waals surface area (Å²) in [7, 11) is 0. The molecule has 1 aromatic carbocycles. The van der Waals surface area contributed by atoms with Crippen molar-refractivity contribution in [1.82, 2.24) is 19.8 Å². The van der Waals surface area contributed by atoms with Crippen molar-refractivity contribution in [3.05, 3.63) is 30.1 Å². The predicted molar refractivity (Wildman–Crippen MR) is 112 cm³/mol. The van der Waals surface area contributed by atoms with E-state index in [2.05, 4.69) is 24.1 Å². The summed E-state index contributed by atoms with van der Waals surface area (Å²) in [5.41, 5.74) is 1.90. The number of amides is 1. The fourth-order valence-electron chi connectivity index (χ4n) is 4.64. The molecule has 1 aliphatic carbocycles. The van der Waals surface area contributed by atoms with Gasteiger partial charge >= 0.3 is 0 Å². The van der Waals surface area contributed by atoms with Gasteiger partial charge in [0.25, 0.3) is 0 Å². The number of hydrogen-bond acceptors (Lipinski definition) is 5. The zero-order valence-corrected chi connectivity index (χ0v) is 17.4. The average molecular weight is 401 g/mol. The number of nitrogens with one attached hydrogen (secondary N) is 1. The molecule has 2 N–H and O–H groups in total. The van der Waals surface area contributed by atoms with Gasteiger partial charge in [-0.15, -0.1) is 0 Å². The third kappa shape index (κ3) is 4.47. The monoisotopic (exact) mass is 400 g/mol. The van der Waals surface area contributed by atoms with Gasteiger partial charge in [-0.25, -0.2) is 4.98 Å². The Kier molecular flexibility index (Phi) is 6.18. The van der Waals surface area contributed by atoms with Crippen LogP contribution in [0.5, 0.6) is 0 Å². The Morgan fingerprint density at radius 1 is 1.28 bits per heavy atom. The standard InChI is InChI=1S/C22H32N4O3/c1-15(2)13-20-23-16-5-3-4-6-18(16)26(20)14-21(27)24-17-7-8-19(22(17)28)25-9-11-29-12-10-25/h3-6,15,17,19,22,28H,7-14H2,1-2H3,(H,24,27)/t17-,19-,22-/m1/s1. The van der Waals surface area contributed by atoms with Gasteiger partial charge < -0.3 is 19.7 Å². The zero-order valence-electron chi connectivity index (χ0n) is 17.4. The van der Waals surface area contributed by atoms with Crippen LogP contribution in [0.2, 0.25) is 0 Å². The molecule has 0 spiro atoms. The molecule has 7 heteroatoms. The molecular weight excluding hydrogens is 368 g/mol. The summed E-state index contributed by atoms with van der Waals surface area (Å²) in [4.78, 5) is 19.9. The maximum atomic E-state index is 12.9. The second-order valence-corrected chi connectivity index (χ2v) is 8.66. The number of morpholine rings is 1. The zero-order chi connectivity index (χ0) is 20.4. The van der Waals surface area contributed by atoms with Crippen molar-refractivity contribution in [2.45, 2.75) is 57.8 Å². The van der Waals surface area contributed by atoms with E-state index in [9.17, 15) is 9.90 Å². The number of hydrogen-bond donors (Lipinski definition) is 2. The van der Waals surface area contributed by atoms with Crippen molar-refractivity contribution in [3.8, 4) is 0 Å². The molecule has 1 amide bonds. The third-order valence-electron chi connectivity index (χ3n) is 6.07. The van der Waals surface area contributed by atoms with E-state index >= 15 is 0 Å². The molecule has 2 aromatic rings. The molecule has 0 unspecified atom stereocenters. The number of aliphatic hydroxyl groups excluding tert-OH is 1. The van der Waals surface area contributed by atoms with Crippen LogP contribution in [0.3, 0.4) is 0 Å². The summed E-state index contributed by atoms with van der Waals surface area (Å²) in [5, 5.41) is 13.9. The first-order chi connectivity index (χ1) is 14.0. The molecule has 0 bridgehead atoms. The van der Waals surface area contributed by atoms with Crippen LogP contribution in [0.1, 0.15) is 32.5 Å². The number of imidazole rings is 1. The molecule has 2 aliphatic rings. The molecule has 1 saturated heterocycles. The van der Waals surface area contributed by atoms with Crippen LogP contribution in [0, 0.1) is 5.92 Å². The summed E-state index contributed by atoms with van der Waals surface area (Å²) >= 11 is 0. The number of rotatable bonds is 6. The summed E-state index contributed by atoms with van der Waals surface area (Å²) in [6.07, 6.45) is 2.00. The highest BCUT2D eigenvalue weighted by Gasteiger charge is 2.39. The van der Waals surface area contributed by atoms with Crippen LogP contribution < -0.4 is 5.32 Å². The summed E-state index contributed by atoms with van der Waals surface area (Å²) in [6, 6.07) is 7.86. The number of aromatic nitrogens is 2. The van der Waals surface area contributed by atoms with Crippen LogP contribution >= 0.6 is 0 Å². The minimum Gasteiger partial charge on any atom is -0.389 e. The molecule has 158 valence electrons. The second kappa shape index (κ2) is 8.81. The lowest BCUT2D eigenvalue weighted by Crippen LogP contribution is -2.51. The van der Waals surface area contributed by atoms with Gasteiger partial charge in [0.05, 0.1) is 36.4 Å². The first kappa shape index (κ1) is 20.3. The molecule has 29 heavy (non-hydrogen) atoms. The topological polar surface area (TPSA) is 79.6 Å². The van der Waals surface area contributed by atoms with Gasteiger partial charge in [-0.1, -0.05) is 26.0 Å². The first-order valence-electron chi connectivity index (χ1n) is 10.8. The summed E-state index contributed by atoms with van der Waals surface area (Å²) in [6.45, 7) is 7.67. The molecule has 1 aliphatic heterocycles. The Labute approximate surface area is 172 Å². The highest BCUT2D eigenvalue weighted by atomic mass is 16.5. The second-order valence-electron chi connectivity index (χ2n) is 8.66. The lowest BCUT2D eigenvalue weighted by atomic mass is 10.1. The molecule has 0 radical (unpaired) electrons. The normalized spacial score (nSPS) is 25.7. The van der Waals surface area contributed by atoms with E-state index in [0.717, 1.165) is 49.2 Å². The lowest BCUT2D eigenvalue weighted by Gasteiger charge is -2.34. The number of para-hydroxylation sites is 2. The van der Waals surface area contributed by atoms with Gasteiger partial charge in [0, 0.05) is 25.6 Å². The Balaban J connectivity index is 1.43. The van der Waals surface area contributed by atoms with Crippen molar-refractivity contribution in [2.24, 2.45) is 5.92 Å². The molecule has 4 rings (SSSR count). The largest absolute Gasteiger partial charge is 0.389 e. The van der Waals surface area contributed by atoms with Crippen LogP contribution in [-0.4, -0.2) is 70.0 Å². The predicted octanol–water partition coefficient (Wildman–Crippen LogP) is 1.58. The average Bonchev–Trinajstić information content (AvgIpc) is 3.23. The van der Waals surface area contributed by atoms with E-state index in [1.54, 1.807) is 0 Å². The number of aliphatic hydroxyl groups is 1. The third-order valence-corrected chi connectivity index (χ3v) is 6.07. The number of carbonyl (C=O) groups excluding carboxylic acids is 1. The van der Waals surface area contributed by atoms with Crippen molar-refractivity contribution < 1.29 is 14.6 Å². The SMILES string of the molecule is CC(C)Cc1nc2ccccc2n1CC(=O)N[C@@H]1CC[C@@H](N2CCOCC2)[C@@H]1O. The van der Waals surface area contributed by atoms with Gasteiger partial charge in [-0.2, -0.15) is 0 Å². The van der Waals surface area contributed by atoms with Crippen LogP contribution in [-0.2, 0) is 22.5 Å². The number of fused-ring (bicyclic) bond motifs is 1. The molecular formula is C22H32N4O3. The fourth-order valence-corrected chi connectivity index (χ4v) is 4.64. The summed E-state index contributed by atoms with van der Waals surface area (Å²) < 4.78 is 7.44. The van der Waals surface area contributed by atoms with Crippen molar-refractivity contribution in [3.63, 3.8) is 0 Å². The maximum absolute atomic E-state index is 12.9. The van der Waals surface area contributed by atoms with E-state index in [1.165, 1.54) is 0 Å². The minimum atomic E-state index is -0.535. The molecule has 7 nitrogen and oxygen atoms in total. The number of nitrogens with zero attached hydrogens (tertiary/aromatic N) is 3. The van der Waals surface area contributed by atoms with Crippen molar-refractivity contribution in [2.75, 3.05) is 26.3 Å². The van der Waals surface area contributed by atoms with E-state index in [4.69, 9.17) is 9.72 Å². The van der Waals surface area contributed by atoms with Gasteiger partial charge in [0.2, 0.25) is 5.91 Å². The molecule has 2 fully saturated rings. The van der Waals surface area contributed by atoms with Gasteiger partial charge in [-0.3, -0.25) is 9.69 Å². The van der Waals surface area contributed by atoms with Crippen LogP contribution in [0.4, 0.5) is 0 Å². The number of benzene rings is 1. The van der Waals surface area contributed by atoms with E-state index < -0.39 is 6.10 Å². The van der Waals surface area contributed by atoms with Crippen LogP contribution in [0.25, 0.3) is 11.0 Å². The Morgan fingerprint density at radius 2 is 2.03 bits per heavy atom. The smallest absolute Gasteiger partial charge is 0.240 e. The first-order valence-corrected chi connectivity index (χ1v) is 10.8. The Hall–Kier alpha value is -1.96. The molecule has 2 heterocycles. The van der Waals surface area contributed by atoms with Gasteiger partial charge in [0.1, 0.15) is 12.4 Å². The summed E-state index contributed by atoms with van der Waals surface area (Å²) in [5.74, 6) is 1.33. The molecule has 1 aromatic heterocycles. The van der Waals surface area contributed by atoms with Crippen LogP contribution in [0.15, 0.2) is 24.3 Å². The van der Waals surface area contributed by atoms with E-state index in [1.807, 2.05) is 28.8 Å². The molecule has 3 atom stereocenters. The van der Waals surface area contributed by atoms with Crippen molar-refractivity contribution in [1.29, 1.82) is 0 Å². The Bertz CT molecular complexity index is 844. The molecule has 1 saturated carbocycles. The number of ether oxygens (including phenoxy) is 1. The quantitative estimate of drug-likeness (QED) is 0.770. The van der Waals surface area contributed by atoms with E-state index in [-0.39, 0.29) is 24.5 Å². The minimum absolute atomic E-state index is 0.0650. The van der Waals surface area contributed by atoms with Crippen molar-refractivity contribution >= 4 is 16.9 Å². The highest BCUT2D eigenvalue weighted by Crippen LogP contribution is 2.26. The highest BCUT2D eigenvalue weighted by molar-refractivity contribution is 5.81. The van der Waals surface area contributed by atoms with Gasteiger partial charge in [-0.05, 0) is 30.9 Å². The lowest BCUT2D eigenvalue weighted by molar-refractivity contribution is -0.123.